The number of methoxy groups -OCH3 is 1. The van der Waals surface area contributed by atoms with E-state index in [1.807, 2.05) is 30.3 Å². The molecule has 5 nitrogen and oxygen atoms in total. The third-order valence-corrected chi connectivity index (χ3v) is 2.65. The van der Waals surface area contributed by atoms with Crippen LogP contribution in [0.4, 0.5) is 0 Å². The minimum absolute atomic E-state index is 0.0224. The standard InChI is InChI=1S/C14H23NO4/c1-18-10-13(8-16)15-7-14(17)11-19-9-12-5-3-2-4-6-12/h2-6,13-17H,7-11H2,1H3. The number of ether oxygens (including phenoxy) is 2. The summed E-state index contributed by atoms with van der Waals surface area (Å²) in [5.74, 6) is 0. The van der Waals surface area contributed by atoms with Crippen molar-refractivity contribution in [2.24, 2.45) is 0 Å². The van der Waals surface area contributed by atoms with E-state index in [-0.39, 0.29) is 19.3 Å². The zero-order chi connectivity index (χ0) is 13.9. The Morgan fingerprint density at radius 2 is 1.95 bits per heavy atom. The molecule has 0 aromatic heterocycles. The first-order valence-corrected chi connectivity index (χ1v) is 6.39. The van der Waals surface area contributed by atoms with Crippen molar-refractivity contribution in [3.05, 3.63) is 35.9 Å². The lowest BCUT2D eigenvalue weighted by Crippen LogP contribution is -2.42. The number of nitrogens with one attached hydrogen (secondary N) is 1. The van der Waals surface area contributed by atoms with Gasteiger partial charge in [-0.2, -0.15) is 0 Å². The van der Waals surface area contributed by atoms with Crippen LogP contribution in [0.1, 0.15) is 5.56 Å². The highest BCUT2D eigenvalue weighted by Crippen LogP contribution is 2.00. The highest BCUT2D eigenvalue weighted by molar-refractivity contribution is 5.13. The van der Waals surface area contributed by atoms with Crippen molar-refractivity contribution in [3.63, 3.8) is 0 Å². The minimum Gasteiger partial charge on any atom is -0.395 e. The smallest absolute Gasteiger partial charge is 0.0897 e. The highest BCUT2D eigenvalue weighted by Gasteiger charge is 2.10. The Bertz CT molecular complexity index is 320. The molecule has 0 amide bonds. The topological polar surface area (TPSA) is 71.0 Å². The maximum atomic E-state index is 9.73. The summed E-state index contributed by atoms with van der Waals surface area (Å²) in [4.78, 5) is 0. The second kappa shape index (κ2) is 9.89. The molecule has 0 aliphatic heterocycles. The van der Waals surface area contributed by atoms with Gasteiger partial charge in [-0.05, 0) is 5.56 Å². The van der Waals surface area contributed by atoms with Crippen LogP contribution in [-0.4, -0.2) is 55.8 Å². The van der Waals surface area contributed by atoms with Crippen LogP contribution in [0.15, 0.2) is 30.3 Å². The molecule has 5 heteroatoms. The summed E-state index contributed by atoms with van der Waals surface area (Å²) < 4.78 is 10.4. The lowest BCUT2D eigenvalue weighted by Gasteiger charge is -2.18. The molecule has 0 aliphatic rings. The molecule has 1 aromatic rings. The van der Waals surface area contributed by atoms with Crippen molar-refractivity contribution in [2.45, 2.75) is 18.8 Å². The molecule has 0 fully saturated rings. The zero-order valence-electron chi connectivity index (χ0n) is 11.3. The predicted octanol–water partition coefficient (Wildman–Crippen LogP) is 0.161. The molecule has 1 aromatic carbocycles. The molecule has 0 saturated heterocycles. The van der Waals surface area contributed by atoms with Crippen molar-refractivity contribution in [3.8, 4) is 0 Å². The van der Waals surface area contributed by atoms with Gasteiger partial charge in [-0.15, -0.1) is 0 Å². The molecule has 0 aliphatic carbocycles. The molecule has 0 heterocycles. The van der Waals surface area contributed by atoms with Gasteiger partial charge in [-0.3, -0.25) is 0 Å². The largest absolute Gasteiger partial charge is 0.395 e. The predicted molar refractivity (Wildman–Crippen MR) is 72.9 cm³/mol. The Labute approximate surface area is 114 Å². The van der Waals surface area contributed by atoms with Crippen molar-refractivity contribution in [1.82, 2.24) is 5.32 Å². The second-order valence-corrected chi connectivity index (χ2v) is 4.40. The van der Waals surface area contributed by atoms with E-state index in [2.05, 4.69) is 5.32 Å². The normalized spacial score (nSPS) is 14.3. The SMILES string of the molecule is COCC(CO)NCC(O)COCc1ccccc1. The van der Waals surface area contributed by atoms with Crippen molar-refractivity contribution < 1.29 is 19.7 Å². The number of benzene rings is 1. The summed E-state index contributed by atoms with van der Waals surface area (Å²) in [5, 5.41) is 21.8. The van der Waals surface area contributed by atoms with Gasteiger partial charge in [0.15, 0.2) is 0 Å². The molecule has 108 valence electrons. The van der Waals surface area contributed by atoms with Gasteiger partial charge in [0, 0.05) is 13.7 Å². The Hall–Kier alpha value is -0.980. The van der Waals surface area contributed by atoms with E-state index < -0.39 is 6.10 Å². The first-order valence-electron chi connectivity index (χ1n) is 6.39. The first-order chi connectivity index (χ1) is 9.26. The summed E-state index contributed by atoms with van der Waals surface area (Å²) in [6, 6.07) is 9.65. The van der Waals surface area contributed by atoms with Crippen molar-refractivity contribution in [1.29, 1.82) is 0 Å². The highest BCUT2D eigenvalue weighted by atomic mass is 16.5. The Kier molecular flexibility index (Phi) is 8.36. The fourth-order valence-corrected chi connectivity index (χ4v) is 1.63. The molecular weight excluding hydrogens is 246 g/mol. The summed E-state index contributed by atoms with van der Waals surface area (Å²) in [6.45, 7) is 1.50. The maximum absolute atomic E-state index is 9.73. The average Bonchev–Trinajstić information content (AvgIpc) is 2.44. The van der Waals surface area contributed by atoms with Gasteiger partial charge < -0.3 is 25.0 Å². The molecule has 3 N–H and O–H groups in total. The van der Waals surface area contributed by atoms with Gasteiger partial charge in [0.1, 0.15) is 0 Å². The Balaban J connectivity index is 2.12. The summed E-state index contributed by atoms with van der Waals surface area (Å²) in [5.41, 5.74) is 1.08. The van der Waals surface area contributed by atoms with E-state index in [1.165, 1.54) is 0 Å². The molecule has 0 radical (unpaired) electrons. The minimum atomic E-state index is -0.602. The van der Waals surface area contributed by atoms with E-state index >= 15 is 0 Å². The van der Waals surface area contributed by atoms with Crippen LogP contribution >= 0.6 is 0 Å². The number of hydrogen-bond acceptors (Lipinski definition) is 5. The number of aliphatic hydroxyl groups excluding tert-OH is 2. The molecule has 0 saturated carbocycles. The molecule has 1 rings (SSSR count). The van der Waals surface area contributed by atoms with E-state index in [4.69, 9.17) is 14.6 Å². The van der Waals surface area contributed by atoms with Crippen molar-refractivity contribution in [2.75, 3.05) is 33.5 Å². The fraction of sp³-hybridized carbons (Fsp3) is 0.571. The monoisotopic (exact) mass is 269 g/mol. The van der Waals surface area contributed by atoms with Gasteiger partial charge in [0.05, 0.1) is 38.6 Å². The quantitative estimate of drug-likeness (QED) is 0.564. The summed E-state index contributed by atoms with van der Waals surface area (Å²) >= 11 is 0. The van der Waals surface area contributed by atoms with Crippen LogP contribution in [-0.2, 0) is 16.1 Å². The van der Waals surface area contributed by atoms with Crippen molar-refractivity contribution >= 4 is 0 Å². The Morgan fingerprint density at radius 3 is 2.58 bits per heavy atom. The van der Waals surface area contributed by atoms with Crippen LogP contribution in [0.25, 0.3) is 0 Å². The fourth-order valence-electron chi connectivity index (χ4n) is 1.63. The van der Waals surface area contributed by atoms with Gasteiger partial charge in [0.2, 0.25) is 0 Å². The average molecular weight is 269 g/mol. The van der Waals surface area contributed by atoms with Gasteiger partial charge in [-0.1, -0.05) is 30.3 Å². The third kappa shape index (κ3) is 7.25. The second-order valence-electron chi connectivity index (χ2n) is 4.40. The van der Waals surface area contributed by atoms with Gasteiger partial charge in [0.25, 0.3) is 0 Å². The number of aliphatic hydroxyl groups is 2. The van der Waals surface area contributed by atoms with E-state index in [9.17, 15) is 5.11 Å². The van der Waals surface area contributed by atoms with Crippen LogP contribution < -0.4 is 5.32 Å². The molecule has 0 bridgehead atoms. The van der Waals surface area contributed by atoms with Gasteiger partial charge in [-0.25, -0.2) is 0 Å². The molecular formula is C14H23NO4. The molecule has 2 unspecified atom stereocenters. The lowest BCUT2D eigenvalue weighted by atomic mass is 10.2. The maximum Gasteiger partial charge on any atom is 0.0897 e. The van der Waals surface area contributed by atoms with E-state index in [1.54, 1.807) is 7.11 Å². The summed E-state index contributed by atoms with van der Waals surface area (Å²) in [7, 11) is 1.57. The molecule has 0 spiro atoms. The zero-order valence-corrected chi connectivity index (χ0v) is 11.3. The number of rotatable bonds is 10. The van der Waals surface area contributed by atoms with Crippen LogP contribution in [0.2, 0.25) is 0 Å². The lowest BCUT2D eigenvalue weighted by molar-refractivity contribution is 0.0241. The number of hydrogen-bond donors (Lipinski definition) is 3. The third-order valence-electron chi connectivity index (χ3n) is 2.65. The van der Waals surface area contributed by atoms with Crippen LogP contribution in [0, 0.1) is 0 Å². The Morgan fingerprint density at radius 1 is 1.21 bits per heavy atom. The van der Waals surface area contributed by atoms with Crippen LogP contribution in [0.5, 0.6) is 0 Å². The summed E-state index contributed by atoms with van der Waals surface area (Å²) in [6.07, 6.45) is -0.602. The van der Waals surface area contributed by atoms with Gasteiger partial charge >= 0.3 is 0 Å². The molecule has 2 atom stereocenters. The van der Waals surface area contributed by atoms with Crippen LogP contribution in [0.3, 0.4) is 0 Å². The first kappa shape index (κ1) is 16.1. The van der Waals surface area contributed by atoms with E-state index in [0.29, 0.717) is 19.8 Å². The van der Waals surface area contributed by atoms with E-state index in [0.717, 1.165) is 5.56 Å². The molecule has 19 heavy (non-hydrogen) atoms.